The Kier molecular flexibility index (Phi) is 2.86. The largest absolute Gasteiger partial charge is 0.381 e. The summed E-state index contributed by atoms with van der Waals surface area (Å²) in [4.78, 5) is 4.42. The second kappa shape index (κ2) is 4.48. The molecule has 6 heteroatoms. The fourth-order valence-electron chi connectivity index (χ4n) is 2.02. The number of ether oxygens (including phenoxy) is 2. The predicted octanol–water partition coefficient (Wildman–Crippen LogP) is 0.234. The highest BCUT2D eigenvalue weighted by molar-refractivity contribution is 5.00. The van der Waals surface area contributed by atoms with Crippen molar-refractivity contribution in [3.63, 3.8) is 0 Å². The van der Waals surface area contributed by atoms with E-state index in [0.29, 0.717) is 24.9 Å². The molecule has 1 aromatic rings. The van der Waals surface area contributed by atoms with Gasteiger partial charge in [0.1, 0.15) is 0 Å². The zero-order chi connectivity index (χ0) is 10.8. The molecule has 2 aliphatic heterocycles. The van der Waals surface area contributed by atoms with Crippen molar-refractivity contribution in [2.75, 3.05) is 33.0 Å². The molecule has 2 fully saturated rings. The molecule has 16 heavy (non-hydrogen) atoms. The van der Waals surface area contributed by atoms with Gasteiger partial charge in [-0.25, -0.2) is 0 Å². The SMILES string of the molecule is C1COCC(c2noc(C3CCOC3)n2)N1. The van der Waals surface area contributed by atoms with Crippen LogP contribution in [0.15, 0.2) is 4.52 Å². The molecule has 2 atom stereocenters. The fraction of sp³-hybridized carbons (Fsp3) is 0.800. The van der Waals surface area contributed by atoms with Crippen LogP contribution in [0.25, 0.3) is 0 Å². The van der Waals surface area contributed by atoms with Crippen LogP contribution in [0.5, 0.6) is 0 Å². The van der Waals surface area contributed by atoms with E-state index in [4.69, 9.17) is 14.0 Å². The Balaban J connectivity index is 1.71. The van der Waals surface area contributed by atoms with Crippen molar-refractivity contribution in [1.82, 2.24) is 15.5 Å². The van der Waals surface area contributed by atoms with Gasteiger partial charge in [-0.15, -0.1) is 0 Å². The molecule has 0 amide bonds. The van der Waals surface area contributed by atoms with E-state index >= 15 is 0 Å². The molecule has 0 bridgehead atoms. The highest BCUT2D eigenvalue weighted by atomic mass is 16.5. The number of hydrogen-bond acceptors (Lipinski definition) is 6. The Bertz CT molecular complexity index is 343. The first-order valence-electron chi connectivity index (χ1n) is 5.66. The molecule has 1 N–H and O–H groups in total. The van der Waals surface area contributed by atoms with Gasteiger partial charge >= 0.3 is 0 Å². The number of hydrogen-bond donors (Lipinski definition) is 1. The van der Waals surface area contributed by atoms with Crippen molar-refractivity contribution in [1.29, 1.82) is 0 Å². The molecule has 0 spiro atoms. The molecule has 2 unspecified atom stereocenters. The summed E-state index contributed by atoms with van der Waals surface area (Å²) in [5.74, 6) is 1.66. The minimum Gasteiger partial charge on any atom is -0.381 e. The number of nitrogens with one attached hydrogen (secondary N) is 1. The molecule has 6 nitrogen and oxygen atoms in total. The summed E-state index contributed by atoms with van der Waals surface area (Å²) in [7, 11) is 0. The van der Waals surface area contributed by atoms with Crippen LogP contribution in [-0.2, 0) is 9.47 Å². The van der Waals surface area contributed by atoms with Gasteiger partial charge in [0.2, 0.25) is 5.89 Å². The van der Waals surface area contributed by atoms with Crippen LogP contribution >= 0.6 is 0 Å². The maximum atomic E-state index is 5.36. The number of morpholine rings is 1. The van der Waals surface area contributed by atoms with Gasteiger partial charge in [-0.05, 0) is 6.42 Å². The van der Waals surface area contributed by atoms with Crippen molar-refractivity contribution in [2.24, 2.45) is 0 Å². The Morgan fingerprint density at radius 3 is 2.88 bits per heavy atom. The van der Waals surface area contributed by atoms with Gasteiger partial charge in [0, 0.05) is 13.2 Å². The zero-order valence-corrected chi connectivity index (χ0v) is 9.02. The number of nitrogens with zero attached hydrogens (tertiary/aromatic N) is 2. The van der Waals surface area contributed by atoms with Crippen LogP contribution in [-0.4, -0.2) is 43.1 Å². The number of aromatic nitrogens is 2. The lowest BCUT2D eigenvalue weighted by Gasteiger charge is -2.20. The van der Waals surface area contributed by atoms with E-state index in [0.717, 1.165) is 26.2 Å². The summed E-state index contributed by atoms with van der Waals surface area (Å²) in [6.45, 7) is 3.67. The van der Waals surface area contributed by atoms with Gasteiger partial charge in [-0.3, -0.25) is 0 Å². The Labute approximate surface area is 93.3 Å². The second-order valence-electron chi connectivity index (χ2n) is 4.13. The summed E-state index contributed by atoms with van der Waals surface area (Å²) in [5.41, 5.74) is 0. The normalized spacial score (nSPS) is 30.8. The third-order valence-electron chi connectivity index (χ3n) is 2.97. The van der Waals surface area contributed by atoms with Crippen LogP contribution < -0.4 is 5.32 Å². The third kappa shape index (κ3) is 1.95. The van der Waals surface area contributed by atoms with Gasteiger partial charge in [-0.2, -0.15) is 4.98 Å². The molecule has 0 aromatic carbocycles. The topological polar surface area (TPSA) is 69.4 Å². The predicted molar refractivity (Wildman–Crippen MR) is 54.0 cm³/mol. The first kappa shape index (κ1) is 10.2. The molecular weight excluding hydrogens is 210 g/mol. The zero-order valence-electron chi connectivity index (χ0n) is 9.02. The minimum atomic E-state index is 0.0635. The summed E-state index contributed by atoms with van der Waals surface area (Å²) >= 11 is 0. The van der Waals surface area contributed by atoms with Gasteiger partial charge < -0.3 is 19.3 Å². The maximum Gasteiger partial charge on any atom is 0.232 e. The first-order chi connectivity index (χ1) is 7.93. The van der Waals surface area contributed by atoms with Crippen LogP contribution in [0, 0.1) is 0 Å². The summed E-state index contributed by atoms with van der Waals surface area (Å²) in [6, 6.07) is 0.0635. The lowest BCUT2D eigenvalue weighted by atomic mass is 10.1. The number of rotatable bonds is 2. The Hall–Kier alpha value is -0.980. The molecule has 2 aliphatic rings. The summed E-state index contributed by atoms with van der Waals surface area (Å²) in [5, 5.41) is 7.30. The lowest BCUT2D eigenvalue weighted by Crippen LogP contribution is -2.35. The van der Waals surface area contributed by atoms with Crippen LogP contribution in [0.2, 0.25) is 0 Å². The van der Waals surface area contributed by atoms with Gasteiger partial charge in [-0.1, -0.05) is 5.16 Å². The van der Waals surface area contributed by atoms with Crippen molar-refractivity contribution < 1.29 is 14.0 Å². The van der Waals surface area contributed by atoms with Gasteiger partial charge in [0.05, 0.1) is 31.8 Å². The van der Waals surface area contributed by atoms with E-state index < -0.39 is 0 Å². The third-order valence-corrected chi connectivity index (χ3v) is 2.97. The monoisotopic (exact) mass is 225 g/mol. The van der Waals surface area contributed by atoms with Crippen LogP contribution in [0.4, 0.5) is 0 Å². The molecule has 1 aromatic heterocycles. The van der Waals surface area contributed by atoms with Gasteiger partial charge in [0.25, 0.3) is 0 Å². The van der Waals surface area contributed by atoms with Crippen molar-refractivity contribution in [3.05, 3.63) is 11.7 Å². The highest BCUT2D eigenvalue weighted by Gasteiger charge is 2.26. The quantitative estimate of drug-likeness (QED) is 0.777. The highest BCUT2D eigenvalue weighted by Crippen LogP contribution is 2.24. The second-order valence-corrected chi connectivity index (χ2v) is 4.13. The molecule has 3 heterocycles. The lowest BCUT2D eigenvalue weighted by molar-refractivity contribution is 0.0734. The Morgan fingerprint density at radius 1 is 1.19 bits per heavy atom. The molecule has 0 aliphatic carbocycles. The van der Waals surface area contributed by atoms with E-state index in [1.165, 1.54) is 0 Å². The molecule has 2 saturated heterocycles. The van der Waals surface area contributed by atoms with Crippen LogP contribution in [0.1, 0.15) is 30.1 Å². The fourth-order valence-corrected chi connectivity index (χ4v) is 2.02. The van der Waals surface area contributed by atoms with Crippen LogP contribution in [0.3, 0.4) is 0 Å². The van der Waals surface area contributed by atoms with Crippen molar-refractivity contribution >= 4 is 0 Å². The van der Waals surface area contributed by atoms with E-state index in [1.807, 2.05) is 0 Å². The van der Waals surface area contributed by atoms with Crippen molar-refractivity contribution in [3.8, 4) is 0 Å². The first-order valence-corrected chi connectivity index (χ1v) is 5.66. The maximum absolute atomic E-state index is 5.36. The molecule has 88 valence electrons. The molecule has 0 saturated carbocycles. The summed E-state index contributed by atoms with van der Waals surface area (Å²) < 4.78 is 15.9. The van der Waals surface area contributed by atoms with E-state index in [9.17, 15) is 0 Å². The average molecular weight is 225 g/mol. The molecular formula is C10H15N3O3. The van der Waals surface area contributed by atoms with E-state index in [1.54, 1.807) is 0 Å². The molecule has 3 rings (SSSR count). The van der Waals surface area contributed by atoms with Crippen molar-refractivity contribution in [2.45, 2.75) is 18.4 Å². The van der Waals surface area contributed by atoms with E-state index in [2.05, 4.69) is 15.5 Å². The minimum absolute atomic E-state index is 0.0635. The Morgan fingerprint density at radius 2 is 2.12 bits per heavy atom. The molecule has 0 radical (unpaired) electrons. The van der Waals surface area contributed by atoms with E-state index in [-0.39, 0.29) is 12.0 Å². The smallest absolute Gasteiger partial charge is 0.232 e. The average Bonchev–Trinajstić information content (AvgIpc) is 3.01. The van der Waals surface area contributed by atoms with Gasteiger partial charge in [0.15, 0.2) is 5.82 Å². The standard InChI is InChI=1S/C10H15N3O3/c1-3-14-5-7(1)10-12-9(13-16-10)8-6-15-4-2-11-8/h7-8,11H,1-6H2. The summed E-state index contributed by atoms with van der Waals surface area (Å²) in [6.07, 6.45) is 0.968.